The van der Waals surface area contributed by atoms with Crippen LogP contribution in [0.5, 0.6) is 0 Å². The SMILES string of the molecule is CCCNC(C1CCSC1)C1CCS(=O)(=O)C1. The number of rotatable bonds is 5. The van der Waals surface area contributed by atoms with E-state index < -0.39 is 9.84 Å². The second kappa shape index (κ2) is 5.93. The van der Waals surface area contributed by atoms with Crippen LogP contribution in [0, 0.1) is 11.8 Å². The van der Waals surface area contributed by atoms with Crippen LogP contribution in [0.1, 0.15) is 26.2 Å². The van der Waals surface area contributed by atoms with Gasteiger partial charge in [0.1, 0.15) is 0 Å². The van der Waals surface area contributed by atoms with Crippen LogP contribution in [-0.4, -0.2) is 44.0 Å². The molecule has 0 spiro atoms. The Morgan fingerprint density at radius 2 is 2.18 bits per heavy atom. The summed E-state index contributed by atoms with van der Waals surface area (Å²) in [5.74, 6) is 4.31. The Morgan fingerprint density at radius 3 is 2.71 bits per heavy atom. The Morgan fingerprint density at radius 1 is 1.35 bits per heavy atom. The van der Waals surface area contributed by atoms with Crippen molar-refractivity contribution in [2.45, 2.75) is 32.2 Å². The molecule has 2 heterocycles. The normalized spacial score (nSPS) is 33.9. The van der Waals surface area contributed by atoms with Gasteiger partial charge in [-0.2, -0.15) is 11.8 Å². The predicted octanol–water partition coefficient (Wildman–Crippen LogP) is 1.54. The average Bonchev–Trinajstić information content (AvgIpc) is 2.89. The first-order chi connectivity index (χ1) is 8.12. The minimum Gasteiger partial charge on any atom is -0.313 e. The zero-order valence-electron chi connectivity index (χ0n) is 10.5. The van der Waals surface area contributed by atoms with E-state index in [-0.39, 0.29) is 0 Å². The van der Waals surface area contributed by atoms with Crippen molar-refractivity contribution in [3.63, 3.8) is 0 Å². The largest absolute Gasteiger partial charge is 0.313 e. The summed E-state index contributed by atoms with van der Waals surface area (Å²) in [5.41, 5.74) is 0. The van der Waals surface area contributed by atoms with Crippen LogP contribution in [0.4, 0.5) is 0 Å². The molecule has 2 aliphatic rings. The van der Waals surface area contributed by atoms with Gasteiger partial charge in [-0.05, 0) is 49.1 Å². The van der Waals surface area contributed by atoms with Crippen LogP contribution < -0.4 is 5.32 Å². The van der Waals surface area contributed by atoms with Crippen molar-refractivity contribution in [1.29, 1.82) is 0 Å². The highest BCUT2D eigenvalue weighted by atomic mass is 32.2. The zero-order chi connectivity index (χ0) is 12.3. The number of hydrogen-bond acceptors (Lipinski definition) is 4. The molecule has 2 fully saturated rings. The first kappa shape index (κ1) is 13.7. The third-order valence-electron chi connectivity index (χ3n) is 3.88. The van der Waals surface area contributed by atoms with Crippen molar-refractivity contribution in [3.05, 3.63) is 0 Å². The maximum absolute atomic E-state index is 11.6. The number of hydrogen-bond donors (Lipinski definition) is 1. The smallest absolute Gasteiger partial charge is 0.150 e. The summed E-state index contributed by atoms with van der Waals surface area (Å²) in [4.78, 5) is 0. The molecule has 0 aromatic carbocycles. The van der Waals surface area contributed by atoms with Crippen molar-refractivity contribution >= 4 is 21.6 Å². The Balaban J connectivity index is 1.99. The molecule has 2 aliphatic heterocycles. The van der Waals surface area contributed by atoms with E-state index in [4.69, 9.17) is 0 Å². The van der Waals surface area contributed by atoms with Crippen LogP contribution in [0.3, 0.4) is 0 Å². The highest BCUT2D eigenvalue weighted by molar-refractivity contribution is 7.99. The average molecular weight is 277 g/mol. The lowest BCUT2D eigenvalue weighted by Crippen LogP contribution is -2.43. The maximum atomic E-state index is 11.6. The molecule has 0 radical (unpaired) electrons. The minimum absolute atomic E-state index is 0.357. The molecule has 2 saturated heterocycles. The predicted molar refractivity (Wildman–Crippen MR) is 74.3 cm³/mol. The summed E-state index contributed by atoms with van der Waals surface area (Å²) >= 11 is 2.01. The van der Waals surface area contributed by atoms with E-state index in [1.54, 1.807) is 0 Å². The van der Waals surface area contributed by atoms with Crippen molar-refractivity contribution in [2.75, 3.05) is 29.6 Å². The van der Waals surface area contributed by atoms with Gasteiger partial charge in [-0.3, -0.25) is 0 Å². The van der Waals surface area contributed by atoms with Gasteiger partial charge in [0.25, 0.3) is 0 Å². The van der Waals surface area contributed by atoms with E-state index in [2.05, 4.69) is 12.2 Å². The fourth-order valence-corrected chi connectivity index (χ4v) is 6.14. The molecule has 2 rings (SSSR count). The van der Waals surface area contributed by atoms with Crippen molar-refractivity contribution < 1.29 is 8.42 Å². The van der Waals surface area contributed by atoms with Gasteiger partial charge in [-0.1, -0.05) is 6.92 Å². The van der Waals surface area contributed by atoms with Gasteiger partial charge in [0.05, 0.1) is 11.5 Å². The molecule has 3 atom stereocenters. The van der Waals surface area contributed by atoms with E-state index >= 15 is 0 Å². The summed E-state index contributed by atoms with van der Waals surface area (Å²) in [6, 6.07) is 0.433. The van der Waals surface area contributed by atoms with Crippen molar-refractivity contribution in [3.8, 4) is 0 Å². The fraction of sp³-hybridized carbons (Fsp3) is 1.00. The minimum atomic E-state index is -2.74. The molecule has 3 unspecified atom stereocenters. The van der Waals surface area contributed by atoms with Crippen LogP contribution in [0.15, 0.2) is 0 Å². The molecule has 1 N–H and O–H groups in total. The van der Waals surface area contributed by atoms with Crippen LogP contribution in [0.25, 0.3) is 0 Å². The molecular formula is C12H23NO2S2. The first-order valence-corrected chi connectivity index (χ1v) is 9.61. The van der Waals surface area contributed by atoms with E-state index in [9.17, 15) is 8.42 Å². The molecule has 0 aliphatic carbocycles. The summed E-state index contributed by atoms with van der Waals surface area (Å²) < 4.78 is 23.2. The highest BCUT2D eigenvalue weighted by Crippen LogP contribution is 2.33. The highest BCUT2D eigenvalue weighted by Gasteiger charge is 2.38. The molecule has 0 bridgehead atoms. The van der Waals surface area contributed by atoms with Gasteiger partial charge >= 0.3 is 0 Å². The fourth-order valence-electron chi connectivity index (χ4n) is 2.97. The maximum Gasteiger partial charge on any atom is 0.150 e. The van der Waals surface area contributed by atoms with Crippen LogP contribution in [0.2, 0.25) is 0 Å². The van der Waals surface area contributed by atoms with Gasteiger partial charge in [0.2, 0.25) is 0 Å². The first-order valence-electron chi connectivity index (χ1n) is 6.64. The standard InChI is InChI=1S/C12H23NO2S2/c1-2-5-13-12(10-3-6-16-8-10)11-4-7-17(14,15)9-11/h10-13H,2-9H2,1H3. The molecule has 0 saturated carbocycles. The third kappa shape index (κ3) is 3.61. The topological polar surface area (TPSA) is 46.2 Å². The van der Waals surface area contributed by atoms with Gasteiger partial charge in [-0.15, -0.1) is 0 Å². The van der Waals surface area contributed by atoms with Crippen LogP contribution >= 0.6 is 11.8 Å². The lowest BCUT2D eigenvalue weighted by molar-refractivity contribution is 0.292. The molecule has 5 heteroatoms. The van der Waals surface area contributed by atoms with E-state index in [1.165, 1.54) is 17.9 Å². The van der Waals surface area contributed by atoms with Crippen LogP contribution in [-0.2, 0) is 9.84 Å². The number of nitrogens with one attached hydrogen (secondary N) is 1. The Hall–Kier alpha value is 0.260. The summed E-state index contributed by atoms with van der Waals surface area (Å²) in [6.45, 7) is 3.18. The molecule has 17 heavy (non-hydrogen) atoms. The molecular weight excluding hydrogens is 254 g/mol. The molecule has 0 amide bonds. The van der Waals surface area contributed by atoms with Crippen molar-refractivity contribution in [1.82, 2.24) is 5.32 Å². The van der Waals surface area contributed by atoms with E-state index in [1.807, 2.05) is 11.8 Å². The Labute approximate surface area is 109 Å². The Bertz CT molecular complexity index is 336. The number of sulfone groups is 1. The molecule has 0 aromatic rings. The number of thioether (sulfide) groups is 1. The summed E-state index contributed by atoms with van der Waals surface area (Å²) in [6.07, 6.45) is 3.24. The second-order valence-corrected chi connectivity index (χ2v) is 8.65. The molecule has 0 aromatic heterocycles. The third-order valence-corrected chi connectivity index (χ3v) is 6.86. The van der Waals surface area contributed by atoms with Crippen molar-refractivity contribution in [2.24, 2.45) is 11.8 Å². The lowest BCUT2D eigenvalue weighted by Gasteiger charge is -2.29. The second-order valence-electron chi connectivity index (χ2n) is 5.27. The summed E-state index contributed by atoms with van der Waals surface area (Å²) in [7, 11) is -2.74. The van der Waals surface area contributed by atoms with E-state index in [0.717, 1.165) is 19.4 Å². The quantitative estimate of drug-likeness (QED) is 0.828. The molecule has 100 valence electrons. The van der Waals surface area contributed by atoms with E-state index in [0.29, 0.717) is 29.4 Å². The van der Waals surface area contributed by atoms with Gasteiger partial charge in [0.15, 0.2) is 9.84 Å². The zero-order valence-corrected chi connectivity index (χ0v) is 12.2. The van der Waals surface area contributed by atoms with Gasteiger partial charge < -0.3 is 5.32 Å². The molecule has 3 nitrogen and oxygen atoms in total. The monoisotopic (exact) mass is 277 g/mol. The Kier molecular flexibility index (Phi) is 4.78. The van der Waals surface area contributed by atoms with Gasteiger partial charge in [-0.25, -0.2) is 8.42 Å². The lowest BCUT2D eigenvalue weighted by atomic mass is 9.87. The van der Waals surface area contributed by atoms with Gasteiger partial charge in [0, 0.05) is 6.04 Å². The summed E-state index contributed by atoms with van der Waals surface area (Å²) in [5, 5.41) is 3.61.